The molecule has 0 spiro atoms. The second-order valence-electron chi connectivity index (χ2n) is 7.15. The van der Waals surface area contributed by atoms with Gasteiger partial charge in [0.05, 0.1) is 17.1 Å². The fourth-order valence-corrected chi connectivity index (χ4v) is 4.19. The zero-order chi connectivity index (χ0) is 22.7. The molecule has 0 saturated carbocycles. The molecule has 0 aliphatic carbocycles. The van der Waals surface area contributed by atoms with Crippen molar-refractivity contribution in [1.82, 2.24) is 20.1 Å². The summed E-state index contributed by atoms with van der Waals surface area (Å²) in [4.78, 5) is 18.0. The molecule has 1 amide bonds. The SMILES string of the molecule is Cc1nn(Cc2ccccc2)c2sc(C(=O)NCc3ccc(OCC(F)(F)F)nc3)cc12. The number of pyridine rings is 1. The lowest BCUT2D eigenvalue weighted by atomic mass is 10.2. The van der Waals surface area contributed by atoms with Crippen LogP contribution in [0.1, 0.15) is 26.5 Å². The molecule has 3 heterocycles. The van der Waals surface area contributed by atoms with Crippen LogP contribution in [-0.4, -0.2) is 33.5 Å². The number of carbonyl (C=O) groups is 1. The van der Waals surface area contributed by atoms with Crippen LogP contribution in [0, 0.1) is 6.92 Å². The predicted molar refractivity (Wildman–Crippen MR) is 115 cm³/mol. The van der Waals surface area contributed by atoms with Crippen molar-refractivity contribution in [1.29, 1.82) is 0 Å². The molecule has 0 aliphatic rings. The number of nitrogens with one attached hydrogen (secondary N) is 1. The first kappa shape index (κ1) is 21.8. The Bertz CT molecular complexity index is 1220. The summed E-state index contributed by atoms with van der Waals surface area (Å²) in [5.74, 6) is -0.366. The van der Waals surface area contributed by atoms with Crippen LogP contribution >= 0.6 is 11.3 Å². The highest BCUT2D eigenvalue weighted by Gasteiger charge is 2.28. The van der Waals surface area contributed by atoms with E-state index in [9.17, 15) is 18.0 Å². The number of aryl methyl sites for hydroxylation is 1. The minimum absolute atomic E-state index is 0.125. The third-order valence-corrected chi connectivity index (χ3v) is 5.79. The molecular formula is C22H19F3N4O2S. The van der Waals surface area contributed by atoms with Gasteiger partial charge in [0.15, 0.2) is 6.61 Å². The monoisotopic (exact) mass is 460 g/mol. The molecule has 4 aromatic rings. The van der Waals surface area contributed by atoms with Gasteiger partial charge in [-0.05, 0) is 24.1 Å². The van der Waals surface area contributed by atoms with E-state index in [1.165, 1.54) is 23.6 Å². The van der Waals surface area contributed by atoms with Crippen molar-refractivity contribution in [3.63, 3.8) is 0 Å². The zero-order valence-electron chi connectivity index (χ0n) is 17.0. The molecule has 10 heteroatoms. The van der Waals surface area contributed by atoms with Crippen molar-refractivity contribution in [3.05, 3.63) is 76.4 Å². The van der Waals surface area contributed by atoms with Gasteiger partial charge >= 0.3 is 6.18 Å². The van der Waals surface area contributed by atoms with Crippen molar-refractivity contribution >= 4 is 27.5 Å². The topological polar surface area (TPSA) is 69.0 Å². The van der Waals surface area contributed by atoms with E-state index in [1.807, 2.05) is 48.0 Å². The molecule has 166 valence electrons. The standard InChI is InChI=1S/C22H19F3N4O2S/c1-14-17-9-18(32-21(17)29(28-14)12-15-5-3-2-4-6-15)20(30)27-11-16-7-8-19(26-10-16)31-13-22(23,24)25/h2-10H,11-13H2,1H3,(H,27,30). The van der Waals surface area contributed by atoms with Crippen LogP contribution in [0.4, 0.5) is 13.2 Å². The van der Waals surface area contributed by atoms with Crippen LogP contribution in [0.25, 0.3) is 10.2 Å². The average Bonchev–Trinajstić information content (AvgIpc) is 3.33. The molecule has 1 N–H and O–H groups in total. The summed E-state index contributed by atoms with van der Waals surface area (Å²) in [5, 5.41) is 8.33. The van der Waals surface area contributed by atoms with Gasteiger partial charge in [0.2, 0.25) is 5.88 Å². The Morgan fingerprint density at radius 2 is 1.94 bits per heavy atom. The Balaban J connectivity index is 1.40. The minimum Gasteiger partial charge on any atom is -0.468 e. The van der Waals surface area contributed by atoms with Crippen LogP contribution in [-0.2, 0) is 13.1 Å². The Morgan fingerprint density at radius 1 is 1.16 bits per heavy atom. The van der Waals surface area contributed by atoms with Crippen LogP contribution in [0.15, 0.2) is 54.7 Å². The normalized spacial score (nSPS) is 11.6. The van der Waals surface area contributed by atoms with E-state index in [0.717, 1.165) is 21.5 Å². The Kier molecular flexibility index (Phi) is 6.13. The number of hydrogen-bond donors (Lipinski definition) is 1. The van der Waals surface area contributed by atoms with E-state index in [0.29, 0.717) is 17.0 Å². The van der Waals surface area contributed by atoms with Gasteiger partial charge in [-0.2, -0.15) is 18.3 Å². The van der Waals surface area contributed by atoms with E-state index in [1.54, 1.807) is 6.07 Å². The zero-order valence-corrected chi connectivity index (χ0v) is 17.8. The molecule has 0 unspecified atom stereocenters. The summed E-state index contributed by atoms with van der Waals surface area (Å²) in [7, 11) is 0. The lowest BCUT2D eigenvalue weighted by molar-refractivity contribution is -0.154. The van der Waals surface area contributed by atoms with Crippen molar-refractivity contribution in [2.75, 3.05) is 6.61 Å². The third kappa shape index (κ3) is 5.25. The van der Waals surface area contributed by atoms with E-state index in [2.05, 4.69) is 20.1 Å². The summed E-state index contributed by atoms with van der Waals surface area (Å²) >= 11 is 1.36. The van der Waals surface area contributed by atoms with E-state index in [4.69, 9.17) is 0 Å². The smallest absolute Gasteiger partial charge is 0.422 e. The van der Waals surface area contributed by atoms with Gasteiger partial charge in [0.1, 0.15) is 4.83 Å². The number of alkyl halides is 3. The summed E-state index contributed by atoms with van der Waals surface area (Å²) < 4.78 is 43.1. The quantitative estimate of drug-likeness (QED) is 0.433. The highest BCUT2D eigenvalue weighted by atomic mass is 32.1. The van der Waals surface area contributed by atoms with Gasteiger partial charge in [0, 0.05) is 24.2 Å². The second kappa shape index (κ2) is 8.99. The maximum Gasteiger partial charge on any atom is 0.422 e. The van der Waals surface area contributed by atoms with Crippen LogP contribution in [0.3, 0.4) is 0 Å². The number of ether oxygens (including phenoxy) is 1. The van der Waals surface area contributed by atoms with Crippen molar-refractivity contribution in [2.45, 2.75) is 26.2 Å². The molecule has 6 nitrogen and oxygen atoms in total. The van der Waals surface area contributed by atoms with Crippen molar-refractivity contribution in [2.24, 2.45) is 0 Å². The number of carbonyl (C=O) groups excluding carboxylic acids is 1. The maximum absolute atomic E-state index is 12.6. The summed E-state index contributed by atoms with van der Waals surface area (Å²) in [5.41, 5.74) is 2.61. The van der Waals surface area contributed by atoms with Gasteiger partial charge in [-0.3, -0.25) is 9.48 Å². The van der Waals surface area contributed by atoms with E-state index < -0.39 is 12.8 Å². The lowest BCUT2D eigenvalue weighted by Gasteiger charge is -2.09. The number of aromatic nitrogens is 3. The van der Waals surface area contributed by atoms with Crippen molar-refractivity contribution in [3.8, 4) is 5.88 Å². The molecule has 0 saturated heterocycles. The number of benzene rings is 1. The minimum atomic E-state index is -4.42. The first-order valence-electron chi connectivity index (χ1n) is 9.72. The van der Waals surface area contributed by atoms with Crippen LogP contribution in [0.2, 0.25) is 0 Å². The van der Waals surface area contributed by atoms with Crippen molar-refractivity contribution < 1.29 is 22.7 Å². The molecule has 0 aliphatic heterocycles. The van der Waals surface area contributed by atoms with Gasteiger partial charge in [-0.1, -0.05) is 36.4 Å². The number of fused-ring (bicyclic) bond motifs is 1. The Labute approximate surface area is 185 Å². The Hall–Kier alpha value is -3.40. The van der Waals surface area contributed by atoms with E-state index in [-0.39, 0.29) is 18.3 Å². The number of thiophene rings is 1. The molecule has 1 aromatic carbocycles. The molecule has 32 heavy (non-hydrogen) atoms. The fraction of sp³-hybridized carbons (Fsp3) is 0.227. The molecule has 0 fully saturated rings. The van der Waals surface area contributed by atoms with E-state index >= 15 is 0 Å². The summed E-state index contributed by atoms with van der Waals surface area (Å²) in [6.07, 6.45) is -3.05. The molecule has 0 radical (unpaired) electrons. The number of nitrogens with zero attached hydrogens (tertiary/aromatic N) is 3. The lowest BCUT2D eigenvalue weighted by Crippen LogP contribution is -2.22. The van der Waals surface area contributed by atoms with Crippen LogP contribution in [0.5, 0.6) is 5.88 Å². The first-order valence-corrected chi connectivity index (χ1v) is 10.5. The van der Waals surface area contributed by atoms with Gasteiger partial charge in [0.25, 0.3) is 5.91 Å². The van der Waals surface area contributed by atoms with Crippen LogP contribution < -0.4 is 10.1 Å². The maximum atomic E-state index is 12.6. The summed E-state index contributed by atoms with van der Waals surface area (Å²) in [6.45, 7) is 1.31. The highest BCUT2D eigenvalue weighted by molar-refractivity contribution is 7.20. The molecule has 0 bridgehead atoms. The predicted octanol–water partition coefficient (Wildman–Crippen LogP) is 4.72. The molecular weight excluding hydrogens is 441 g/mol. The highest BCUT2D eigenvalue weighted by Crippen LogP contribution is 2.29. The third-order valence-electron chi connectivity index (χ3n) is 4.64. The fourth-order valence-electron chi connectivity index (χ4n) is 3.11. The molecule has 3 aromatic heterocycles. The second-order valence-corrected chi connectivity index (χ2v) is 8.18. The van der Waals surface area contributed by atoms with Gasteiger partial charge < -0.3 is 10.1 Å². The average molecular weight is 460 g/mol. The summed E-state index contributed by atoms with van der Waals surface area (Å²) in [6, 6.07) is 14.7. The molecule has 0 atom stereocenters. The number of rotatable bonds is 7. The molecule has 4 rings (SSSR count). The van der Waals surface area contributed by atoms with Gasteiger partial charge in [-0.15, -0.1) is 11.3 Å². The number of amides is 1. The number of halogens is 3. The Morgan fingerprint density at radius 3 is 2.62 bits per heavy atom. The largest absolute Gasteiger partial charge is 0.468 e. The first-order chi connectivity index (χ1) is 15.3. The number of hydrogen-bond acceptors (Lipinski definition) is 5. The van der Waals surface area contributed by atoms with Gasteiger partial charge in [-0.25, -0.2) is 4.98 Å².